The molecule has 1 atom stereocenters. The van der Waals surface area contributed by atoms with Gasteiger partial charge in [-0.05, 0) is 12.6 Å². The molecule has 0 aromatic carbocycles. The summed E-state index contributed by atoms with van der Waals surface area (Å²) in [6.45, 7) is 2.81. The molecular weight excluding hydrogens is 206 g/mol. The number of likely N-dealkylation sites (N-methyl/N-ethyl adjacent to an activating group) is 1. The molecule has 1 heterocycles. The maximum absolute atomic E-state index is 5.91. The Bertz CT molecular complexity index is 316. The molecule has 5 nitrogen and oxygen atoms in total. The summed E-state index contributed by atoms with van der Waals surface area (Å²) < 4.78 is 10.5. The van der Waals surface area contributed by atoms with Gasteiger partial charge in [0.15, 0.2) is 6.29 Å². The second-order valence-electron chi connectivity index (χ2n) is 3.38. The summed E-state index contributed by atoms with van der Waals surface area (Å²) in [4.78, 5) is 4.07. The SMILES string of the molecule is CCNC(c1cnccc1N)C(OC)OC. The number of methoxy groups -OCH3 is 2. The molecule has 1 aromatic heterocycles. The second kappa shape index (κ2) is 6.42. The molecule has 1 rings (SSSR count). The number of nitrogens with zero attached hydrogens (tertiary/aromatic N) is 1. The number of rotatable bonds is 6. The average Bonchev–Trinajstić information content (AvgIpc) is 2.30. The number of aromatic nitrogens is 1. The summed E-state index contributed by atoms with van der Waals surface area (Å²) in [6.07, 6.45) is 3.01. The van der Waals surface area contributed by atoms with Crippen LogP contribution in [0.25, 0.3) is 0 Å². The molecule has 16 heavy (non-hydrogen) atoms. The molecule has 0 aliphatic carbocycles. The van der Waals surface area contributed by atoms with Gasteiger partial charge in [0.05, 0.1) is 6.04 Å². The summed E-state index contributed by atoms with van der Waals surface area (Å²) in [7, 11) is 3.20. The van der Waals surface area contributed by atoms with E-state index in [1.54, 1.807) is 32.7 Å². The van der Waals surface area contributed by atoms with Crippen LogP contribution in [-0.4, -0.2) is 32.0 Å². The first-order chi connectivity index (χ1) is 7.74. The van der Waals surface area contributed by atoms with E-state index < -0.39 is 0 Å². The maximum Gasteiger partial charge on any atom is 0.176 e. The molecule has 0 aliphatic rings. The molecule has 0 saturated carbocycles. The van der Waals surface area contributed by atoms with Gasteiger partial charge in [0.1, 0.15) is 0 Å². The first-order valence-corrected chi connectivity index (χ1v) is 5.23. The highest BCUT2D eigenvalue weighted by Gasteiger charge is 2.23. The Hall–Kier alpha value is -1.17. The zero-order valence-corrected chi connectivity index (χ0v) is 9.93. The molecule has 0 aliphatic heterocycles. The fourth-order valence-electron chi connectivity index (χ4n) is 1.62. The number of pyridine rings is 1. The minimum Gasteiger partial charge on any atom is -0.398 e. The smallest absolute Gasteiger partial charge is 0.176 e. The van der Waals surface area contributed by atoms with Crippen LogP contribution in [0, 0.1) is 0 Å². The van der Waals surface area contributed by atoms with Crippen LogP contribution in [-0.2, 0) is 9.47 Å². The van der Waals surface area contributed by atoms with Crippen molar-refractivity contribution < 1.29 is 9.47 Å². The molecule has 0 radical (unpaired) electrons. The number of nitrogen functional groups attached to an aromatic ring is 1. The van der Waals surface area contributed by atoms with Gasteiger partial charge in [-0.1, -0.05) is 6.92 Å². The van der Waals surface area contributed by atoms with Gasteiger partial charge in [-0.2, -0.15) is 0 Å². The lowest BCUT2D eigenvalue weighted by Crippen LogP contribution is -2.35. The van der Waals surface area contributed by atoms with E-state index in [9.17, 15) is 0 Å². The van der Waals surface area contributed by atoms with Crippen LogP contribution in [0.4, 0.5) is 5.69 Å². The average molecular weight is 225 g/mol. The second-order valence-corrected chi connectivity index (χ2v) is 3.38. The first-order valence-electron chi connectivity index (χ1n) is 5.23. The van der Waals surface area contributed by atoms with E-state index in [0.717, 1.165) is 12.1 Å². The highest BCUT2D eigenvalue weighted by Crippen LogP contribution is 2.23. The summed E-state index contributed by atoms with van der Waals surface area (Å²) in [5, 5.41) is 3.27. The van der Waals surface area contributed by atoms with Gasteiger partial charge in [-0.3, -0.25) is 4.98 Å². The van der Waals surface area contributed by atoms with Crippen LogP contribution >= 0.6 is 0 Å². The monoisotopic (exact) mass is 225 g/mol. The van der Waals surface area contributed by atoms with E-state index in [2.05, 4.69) is 10.3 Å². The molecule has 5 heteroatoms. The Kier molecular flexibility index (Phi) is 5.18. The van der Waals surface area contributed by atoms with Crippen LogP contribution in [0.15, 0.2) is 18.5 Å². The molecule has 1 aromatic rings. The van der Waals surface area contributed by atoms with Crippen molar-refractivity contribution in [2.75, 3.05) is 26.5 Å². The van der Waals surface area contributed by atoms with Crippen molar-refractivity contribution in [2.24, 2.45) is 0 Å². The lowest BCUT2D eigenvalue weighted by molar-refractivity contribution is -0.123. The Morgan fingerprint density at radius 1 is 1.44 bits per heavy atom. The topological polar surface area (TPSA) is 69.4 Å². The number of hydrogen-bond donors (Lipinski definition) is 2. The summed E-state index contributed by atoms with van der Waals surface area (Å²) >= 11 is 0. The number of nitrogens with two attached hydrogens (primary N) is 1. The predicted molar refractivity (Wildman–Crippen MR) is 62.9 cm³/mol. The van der Waals surface area contributed by atoms with Gasteiger partial charge in [0.2, 0.25) is 0 Å². The molecule has 0 spiro atoms. The third-order valence-electron chi connectivity index (χ3n) is 2.38. The van der Waals surface area contributed by atoms with Crippen molar-refractivity contribution in [1.29, 1.82) is 0 Å². The molecule has 0 saturated heterocycles. The van der Waals surface area contributed by atoms with Crippen LogP contribution < -0.4 is 11.1 Å². The number of anilines is 1. The zero-order valence-electron chi connectivity index (χ0n) is 9.93. The van der Waals surface area contributed by atoms with Crippen molar-refractivity contribution in [2.45, 2.75) is 19.3 Å². The molecule has 1 unspecified atom stereocenters. The Labute approximate surface area is 96.0 Å². The largest absolute Gasteiger partial charge is 0.398 e. The molecule has 0 fully saturated rings. The van der Waals surface area contributed by atoms with Crippen LogP contribution in [0.2, 0.25) is 0 Å². The fourth-order valence-corrected chi connectivity index (χ4v) is 1.62. The van der Waals surface area contributed by atoms with E-state index in [-0.39, 0.29) is 12.3 Å². The first kappa shape index (κ1) is 12.9. The summed E-state index contributed by atoms with van der Waals surface area (Å²) in [6, 6.07) is 1.65. The third kappa shape index (κ3) is 2.91. The van der Waals surface area contributed by atoms with Crippen molar-refractivity contribution in [3.63, 3.8) is 0 Å². The van der Waals surface area contributed by atoms with Crippen molar-refractivity contribution in [3.8, 4) is 0 Å². The zero-order chi connectivity index (χ0) is 12.0. The quantitative estimate of drug-likeness (QED) is 0.705. The van der Waals surface area contributed by atoms with Crippen LogP contribution in [0.3, 0.4) is 0 Å². The van der Waals surface area contributed by atoms with E-state index in [1.807, 2.05) is 6.92 Å². The van der Waals surface area contributed by atoms with Gasteiger partial charge < -0.3 is 20.5 Å². The summed E-state index contributed by atoms with van der Waals surface area (Å²) in [5.74, 6) is 0. The normalized spacial score (nSPS) is 13.0. The Balaban J connectivity index is 2.97. The summed E-state index contributed by atoms with van der Waals surface area (Å²) in [5.41, 5.74) is 7.48. The van der Waals surface area contributed by atoms with Crippen molar-refractivity contribution in [1.82, 2.24) is 10.3 Å². The lowest BCUT2D eigenvalue weighted by Gasteiger charge is -2.26. The van der Waals surface area contributed by atoms with Gasteiger partial charge >= 0.3 is 0 Å². The third-order valence-corrected chi connectivity index (χ3v) is 2.38. The molecular formula is C11H19N3O2. The maximum atomic E-state index is 5.91. The Morgan fingerprint density at radius 3 is 2.62 bits per heavy atom. The standard InChI is InChI=1S/C11H19N3O2/c1-4-14-10(11(15-2)16-3)8-7-13-6-5-9(8)12/h5-7,10-11,14H,4H2,1-3H3,(H2,12,13). The van der Waals surface area contributed by atoms with E-state index in [4.69, 9.17) is 15.2 Å². The van der Waals surface area contributed by atoms with E-state index in [1.165, 1.54) is 0 Å². The van der Waals surface area contributed by atoms with Crippen molar-refractivity contribution >= 4 is 5.69 Å². The lowest BCUT2D eigenvalue weighted by atomic mass is 10.1. The molecule has 90 valence electrons. The number of ether oxygens (including phenoxy) is 2. The van der Waals surface area contributed by atoms with Gasteiger partial charge in [-0.25, -0.2) is 0 Å². The molecule has 3 N–H and O–H groups in total. The Morgan fingerprint density at radius 2 is 2.12 bits per heavy atom. The van der Waals surface area contributed by atoms with Crippen LogP contribution in [0.5, 0.6) is 0 Å². The highest BCUT2D eigenvalue weighted by atomic mass is 16.7. The molecule has 0 amide bonds. The minimum atomic E-state index is -0.383. The minimum absolute atomic E-state index is 0.117. The number of nitrogens with one attached hydrogen (secondary N) is 1. The van der Waals surface area contributed by atoms with E-state index in [0.29, 0.717) is 5.69 Å². The van der Waals surface area contributed by atoms with Gasteiger partial charge in [0, 0.05) is 37.9 Å². The fraction of sp³-hybridized carbons (Fsp3) is 0.545. The highest BCUT2D eigenvalue weighted by molar-refractivity contribution is 5.46. The van der Waals surface area contributed by atoms with Gasteiger partial charge in [0.25, 0.3) is 0 Å². The van der Waals surface area contributed by atoms with Gasteiger partial charge in [-0.15, -0.1) is 0 Å². The van der Waals surface area contributed by atoms with E-state index >= 15 is 0 Å². The van der Waals surface area contributed by atoms with Crippen LogP contribution in [0.1, 0.15) is 18.5 Å². The predicted octanol–water partition coefficient (Wildman–Crippen LogP) is 0.933. The molecule has 0 bridgehead atoms. The van der Waals surface area contributed by atoms with Crippen molar-refractivity contribution in [3.05, 3.63) is 24.0 Å². The number of hydrogen-bond acceptors (Lipinski definition) is 5.